The first-order valence-corrected chi connectivity index (χ1v) is 7.45. The number of aromatic nitrogens is 1. The highest BCUT2D eigenvalue weighted by Gasteiger charge is 2.21. The van der Waals surface area contributed by atoms with Crippen LogP contribution in [0.25, 0.3) is 10.2 Å². The summed E-state index contributed by atoms with van der Waals surface area (Å²) in [7, 11) is 1.47. The van der Waals surface area contributed by atoms with Crippen molar-refractivity contribution < 1.29 is 8.42 Å². The van der Waals surface area contributed by atoms with E-state index in [9.17, 15) is 8.42 Å². The van der Waals surface area contributed by atoms with Crippen LogP contribution >= 0.6 is 33.6 Å². The van der Waals surface area contributed by atoms with Crippen LogP contribution in [0.5, 0.6) is 0 Å². The Labute approximate surface area is 100 Å². The minimum atomic E-state index is -3.83. The molecule has 0 aliphatic heterocycles. The Morgan fingerprint density at radius 3 is 2.73 bits per heavy atom. The molecular weight excluding hydrogens is 277 g/mol. The molecule has 0 fully saturated rings. The maximum Gasteiger partial charge on any atom is 0.263 e. The average Bonchev–Trinajstić information content (AvgIpc) is 2.48. The molecule has 0 unspecified atom stereocenters. The van der Waals surface area contributed by atoms with E-state index in [1.54, 1.807) is 18.5 Å². The van der Waals surface area contributed by atoms with Crippen LogP contribution in [0.2, 0.25) is 5.02 Å². The van der Waals surface area contributed by atoms with Crippen LogP contribution in [0.15, 0.2) is 16.5 Å². The number of benzene rings is 1. The molecule has 0 N–H and O–H groups in total. The van der Waals surface area contributed by atoms with E-state index in [2.05, 4.69) is 4.98 Å². The normalized spacial score (nSPS) is 12.2. The van der Waals surface area contributed by atoms with Gasteiger partial charge in [0.25, 0.3) is 9.05 Å². The number of halogens is 2. The van der Waals surface area contributed by atoms with Crippen LogP contribution in [0.1, 0.15) is 5.56 Å². The number of thiazole rings is 1. The largest absolute Gasteiger partial charge is 0.263 e. The van der Waals surface area contributed by atoms with Gasteiger partial charge in [0.05, 0.1) is 15.2 Å². The Bertz CT molecular complexity index is 633. The van der Waals surface area contributed by atoms with Crippen molar-refractivity contribution in [1.82, 2.24) is 4.98 Å². The summed E-state index contributed by atoms with van der Waals surface area (Å²) in [6.07, 6.45) is 0. The topological polar surface area (TPSA) is 47.0 Å². The lowest BCUT2D eigenvalue weighted by atomic mass is 10.2. The van der Waals surface area contributed by atoms with Crippen molar-refractivity contribution in [3.05, 3.63) is 22.2 Å². The van der Waals surface area contributed by atoms with Gasteiger partial charge in [0, 0.05) is 10.7 Å². The number of hydrogen-bond donors (Lipinski definition) is 0. The molecule has 2 aromatic rings. The third-order valence-electron chi connectivity index (χ3n) is 1.95. The van der Waals surface area contributed by atoms with Crippen molar-refractivity contribution in [3.8, 4) is 0 Å². The minimum absolute atomic E-state index is 0.0516. The summed E-state index contributed by atoms with van der Waals surface area (Å²) in [5, 5.41) is 0.0984. The van der Waals surface area contributed by atoms with E-state index in [1.165, 1.54) is 11.3 Å². The molecule has 1 heterocycles. The van der Waals surface area contributed by atoms with Crippen molar-refractivity contribution in [3.63, 3.8) is 0 Å². The van der Waals surface area contributed by atoms with Crippen molar-refractivity contribution in [1.29, 1.82) is 0 Å². The molecule has 1 aromatic heterocycles. The van der Waals surface area contributed by atoms with Gasteiger partial charge >= 0.3 is 0 Å². The lowest BCUT2D eigenvalue weighted by Gasteiger charge is -2.04. The summed E-state index contributed by atoms with van der Waals surface area (Å²) < 4.78 is 23.4. The first kappa shape index (κ1) is 11.1. The van der Waals surface area contributed by atoms with Gasteiger partial charge in [-0.1, -0.05) is 11.6 Å². The SMILES string of the molecule is Cc1cc2scnc2c(Cl)c1S(=O)(=O)Cl. The zero-order chi connectivity index (χ0) is 11.2. The van der Waals surface area contributed by atoms with Crippen molar-refractivity contribution in [2.45, 2.75) is 11.8 Å². The molecule has 1 aromatic carbocycles. The molecule has 7 heteroatoms. The van der Waals surface area contributed by atoms with Gasteiger partial charge in [-0.3, -0.25) is 0 Å². The second-order valence-electron chi connectivity index (χ2n) is 2.97. The first-order valence-electron chi connectivity index (χ1n) is 3.88. The highest BCUT2D eigenvalue weighted by Crippen LogP contribution is 2.35. The molecular formula is C8H5Cl2NO2S2. The van der Waals surface area contributed by atoms with Gasteiger partial charge in [-0.2, -0.15) is 0 Å². The summed E-state index contributed by atoms with van der Waals surface area (Å²) in [5.74, 6) is 0. The van der Waals surface area contributed by atoms with Crippen LogP contribution in [-0.4, -0.2) is 13.4 Å². The van der Waals surface area contributed by atoms with Gasteiger partial charge in [0.15, 0.2) is 0 Å². The number of aryl methyl sites for hydroxylation is 1. The molecule has 0 radical (unpaired) electrons. The highest BCUT2D eigenvalue weighted by molar-refractivity contribution is 8.13. The first-order chi connectivity index (χ1) is 6.91. The molecule has 80 valence electrons. The molecule has 3 nitrogen and oxygen atoms in total. The quantitative estimate of drug-likeness (QED) is 0.755. The molecule has 0 spiro atoms. The van der Waals surface area contributed by atoms with E-state index < -0.39 is 9.05 Å². The van der Waals surface area contributed by atoms with Gasteiger partial charge < -0.3 is 0 Å². The lowest BCUT2D eigenvalue weighted by molar-refractivity contribution is 0.609. The molecule has 15 heavy (non-hydrogen) atoms. The van der Waals surface area contributed by atoms with E-state index in [4.69, 9.17) is 22.3 Å². The Morgan fingerprint density at radius 1 is 1.47 bits per heavy atom. The molecule has 2 rings (SSSR count). The average molecular weight is 282 g/mol. The number of nitrogens with zero attached hydrogens (tertiary/aromatic N) is 1. The summed E-state index contributed by atoms with van der Waals surface area (Å²) in [6.45, 7) is 1.65. The molecule has 0 bridgehead atoms. The summed E-state index contributed by atoms with van der Waals surface area (Å²) in [6, 6.07) is 1.72. The predicted molar refractivity (Wildman–Crippen MR) is 62.4 cm³/mol. The predicted octanol–water partition coefficient (Wildman–Crippen LogP) is 3.19. The second-order valence-corrected chi connectivity index (χ2v) is 6.74. The number of fused-ring (bicyclic) bond motifs is 1. The zero-order valence-electron chi connectivity index (χ0n) is 7.49. The smallest absolute Gasteiger partial charge is 0.243 e. The van der Waals surface area contributed by atoms with E-state index in [1.807, 2.05) is 0 Å². The van der Waals surface area contributed by atoms with Crippen LogP contribution in [0.4, 0.5) is 0 Å². The maximum atomic E-state index is 11.3. The second kappa shape index (κ2) is 3.59. The third-order valence-corrected chi connectivity index (χ3v) is 4.68. The minimum Gasteiger partial charge on any atom is -0.243 e. The fourth-order valence-corrected chi connectivity index (χ4v) is 4.28. The Kier molecular flexibility index (Phi) is 2.66. The zero-order valence-corrected chi connectivity index (χ0v) is 10.6. The van der Waals surface area contributed by atoms with Crippen molar-refractivity contribution in [2.75, 3.05) is 0 Å². The van der Waals surface area contributed by atoms with Crippen molar-refractivity contribution >= 4 is 52.9 Å². The van der Waals surface area contributed by atoms with Gasteiger partial charge in [0.1, 0.15) is 10.4 Å². The third kappa shape index (κ3) is 1.85. The molecule has 0 amide bonds. The van der Waals surface area contributed by atoms with Crippen LogP contribution in [0, 0.1) is 6.92 Å². The summed E-state index contributed by atoms with van der Waals surface area (Å²) in [5.41, 5.74) is 2.62. The van der Waals surface area contributed by atoms with Gasteiger partial charge in [-0.15, -0.1) is 11.3 Å². The fraction of sp³-hybridized carbons (Fsp3) is 0.125. The summed E-state index contributed by atoms with van der Waals surface area (Å²) >= 11 is 7.35. The van der Waals surface area contributed by atoms with Crippen molar-refractivity contribution in [2.24, 2.45) is 0 Å². The van der Waals surface area contributed by atoms with Gasteiger partial charge in [0.2, 0.25) is 0 Å². The van der Waals surface area contributed by atoms with Crippen LogP contribution < -0.4 is 0 Å². The fourth-order valence-electron chi connectivity index (χ4n) is 1.36. The molecule has 0 atom stereocenters. The lowest BCUT2D eigenvalue weighted by Crippen LogP contribution is -1.96. The van der Waals surface area contributed by atoms with E-state index in [0.717, 1.165) is 4.70 Å². The molecule has 0 aliphatic carbocycles. The number of hydrogen-bond acceptors (Lipinski definition) is 4. The molecule has 0 saturated carbocycles. The molecule has 0 saturated heterocycles. The van der Waals surface area contributed by atoms with E-state index in [0.29, 0.717) is 11.1 Å². The highest BCUT2D eigenvalue weighted by atomic mass is 35.7. The Hall–Kier alpha value is -0.360. The van der Waals surface area contributed by atoms with Gasteiger partial charge in [-0.25, -0.2) is 13.4 Å². The molecule has 0 aliphatic rings. The Balaban J connectivity index is 2.97. The maximum absolute atomic E-state index is 11.3. The van der Waals surface area contributed by atoms with Crippen LogP contribution in [0.3, 0.4) is 0 Å². The summed E-state index contributed by atoms with van der Waals surface area (Å²) in [4.78, 5) is 3.95. The van der Waals surface area contributed by atoms with Gasteiger partial charge in [-0.05, 0) is 18.6 Å². The van der Waals surface area contributed by atoms with E-state index in [-0.39, 0.29) is 9.92 Å². The van der Waals surface area contributed by atoms with Crippen LogP contribution in [-0.2, 0) is 9.05 Å². The number of rotatable bonds is 1. The Morgan fingerprint density at radius 2 is 2.13 bits per heavy atom. The monoisotopic (exact) mass is 281 g/mol. The standard InChI is InChI=1S/C8H5Cl2NO2S2/c1-4-2-5-7(11-3-14-5)6(9)8(4)15(10,12)13/h2-3H,1H3. The van der Waals surface area contributed by atoms with E-state index >= 15 is 0 Å².